The van der Waals surface area contributed by atoms with Crippen molar-refractivity contribution in [1.82, 2.24) is 5.32 Å². The maximum Gasteiger partial charge on any atom is 0.118 e. The molecular formula is C7H16N2O. The van der Waals surface area contributed by atoms with Crippen LogP contribution in [0.5, 0.6) is 0 Å². The van der Waals surface area contributed by atoms with Gasteiger partial charge >= 0.3 is 0 Å². The van der Waals surface area contributed by atoms with Gasteiger partial charge < -0.3 is 16.2 Å². The largest absolute Gasteiger partial charge is 0.376 e. The van der Waals surface area contributed by atoms with Gasteiger partial charge in [0.1, 0.15) is 5.72 Å². The van der Waals surface area contributed by atoms with Crippen LogP contribution < -0.4 is 11.1 Å². The van der Waals surface area contributed by atoms with Crippen LogP contribution in [0.2, 0.25) is 0 Å². The van der Waals surface area contributed by atoms with Gasteiger partial charge in [-0.2, -0.15) is 0 Å². The van der Waals surface area contributed by atoms with Crippen LogP contribution in [0.3, 0.4) is 0 Å². The Morgan fingerprint density at radius 3 is 2.60 bits per heavy atom. The van der Waals surface area contributed by atoms with Crippen molar-refractivity contribution in [1.29, 1.82) is 0 Å². The van der Waals surface area contributed by atoms with Crippen LogP contribution in [-0.4, -0.2) is 23.9 Å². The summed E-state index contributed by atoms with van der Waals surface area (Å²) in [6.07, 6.45) is 1.66. The normalized spacial score (nSPS) is 25.5. The number of rotatable bonds is 3. The van der Waals surface area contributed by atoms with Crippen molar-refractivity contribution in [2.75, 3.05) is 13.1 Å². The van der Waals surface area contributed by atoms with E-state index in [4.69, 9.17) is 5.73 Å². The van der Waals surface area contributed by atoms with E-state index in [-0.39, 0.29) is 5.92 Å². The highest BCUT2D eigenvalue weighted by Gasteiger charge is 2.35. The minimum absolute atomic E-state index is 0.271. The van der Waals surface area contributed by atoms with Crippen molar-refractivity contribution in [2.24, 2.45) is 11.7 Å². The van der Waals surface area contributed by atoms with E-state index in [1.54, 1.807) is 0 Å². The Balaban J connectivity index is 2.33. The lowest BCUT2D eigenvalue weighted by atomic mass is 9.88. The molecule has 0 aromatic heterocycles. The quantitative estimate of drug-likeness (QED) is 0.475. The lowest BCUT2D eigenvalue weighted by Gasteiger charge is -2.39. The average Bonchev–Trinajstić information content (AvgIpc) is 1.56. The summed E-state index contributed by atoms with van der Waals surface area (Å²) in [4.78, 5) is 0. The molecule has 1 aliphatic rings. The number of hydrogen-bond acceptors (Lipinski definition) is 3. The Labute approximate surface area is 61.6 Å². The summed E-state index contributed by atoms with van der Waals surface area (Å²) in [6.45, 7) is 3.77. The number of nitrogens with two attached hydrogens (primary N) is 1. The van der Waals surface area contributed by atoms with Gasteiger partial charge in [-0.3, -0.25) is 0 Å². The molecule has 1 unspecified atom stereocenters. The first kappa shape index (κ1) is 7.98. The summed E-state index contributed by atoms with van der Waals surface area (Å²) < 4.78 is 0. The van der Waals surface area contributed by atoms with Crippen LogP contribution in [0.25, 0.3) is 0 Å². The van der Waals surface area contributed by atoms with Crippen molar-refractivity contribution >= 4 is 0 Å². The average molecular weight is 144 g/mol. The number of nitrogens with one attached hydrogen (secondary N) is 1. The minimum Gasteiger partial charge on any atom is -0.376 e. The molecule has 10 heavy (non-hydrogen) atoms. The first-order valence-corrected chi connectivity index (χ1v) is 3.89. The van der Waals surface area contributed by atoms with E-state index >= 15 is 0 Å². The summed E-state index contributed by atoms with van der Waals surface area (Å²) in [6, 6.07) is 0. The Bertz CT molecular complexity index is 110. The highest BCUT2D eigenvalue weighted by atomic mass is 16.3. The molecule has 1 rings (SSSR count). The van der Waals surface area contributed by atoms with E-state index in [0.29, 0.717) is 6.42 Å². The molecule has 0 amide bonds. The maximum atomic E-state index is 9.57. The first-order valence-electron chi connectivity index (χ1n) is 3.89. The van der Waals surface area contributed by atoms with Crippen molar-refractivity contribution in [2.45, 2.75) is 25.5 Å². The fourth-order valence-corrected chi connectivity index (χ4v) is 1.25. The summed E-state index contributed by atoms with van der Waals surface area (Å²) >= 11 is 0. The monoisotopic (exact) mass is 144 g/mol. The van der Waals surface area contributed by atoms with E-state index in [9.17, 15) is 5.11 Å². The molecule has 0 bridgehead atoms. The molecule has 1 saturated heterocycles. The third kappa shape index (κ3) is 1.48. The molecule has 4 N–H and O–H groups in total. The molecule has 1 atom stereocenters. The van der Waals surface area contributed by atoms with Gasteiger partial charge in [-0.1, -0.05) is 13.3 Å². The van der Waals surface area contributed by atoms with Crippen LogP contribution in [0, 0.1) is 5.92 Å². The second kappa shape index (κ2) is 2.86. The van der Waals surface area contributed by atoms with Crippen LogP contribution in [0.4, 0.5) is 0 Å². The predicted octanol–water partition coefficient (Wildman–Crippen LogP) is -0.347. The van der Waals surface area contributed by atoms with Gasteiger partial charge in [0.05, 0.1) is 0 Å². The summed E-state index contributed by atoms with van der Waals surface area (Å²) in [7, 11) is 0. The zero-order chi connectivity index (χ0) is 7.61. The maximum absolute atomic E-state index is 9.57. The SMILES string of the molecule is CCCC(N)(O)C1CNC1. The Morgan fingerprint density at radius 1 is 1.70 bits per heavy atom. The van der Waals surface area contributed by atoms with Gasteiger partial charge in [-0.15, -0.1) is 0 Å². The first-order chi connectivity index (χ1) is 4.67. The third-order valence-corrected chi connectivity index (χ3v) is 2.14. The van der Waals surface area contributed by atoms with Crippen molar-refractivity contribution in [3.05, 3.63) is 0 Å². The van der Waals surface area contributed by atoms with E-state index in [0.717, 1.165) is 19.5 Å². The van der Waals surface area contributed by atoms with Crippen LogP contribution >= 0.6 is 0 Å². The van der Waals surface area contributed by atoms with Gasteiger partial charge in [0.25, 0.3) is 0 Å². The molecule has 3 heteroatoms. The van der Waals surface area contributed by atoms with E-state index in [1.165, 1.54) is 0 Å². The predicted molar refractivity (Wildman–Crippen MR) is 40.4 cm³/mol. The molecule has 0 radical (unpaired) electrons. The molecular weight excluding hydrogens is 128 g/mol. The molecule has 0 aromatic rings. The zero-order valence-electron chi connectivity index (χ0n) is 6.43. The van der Waals surface area contributed by atoms with Crippen LogP contribution in [0.15, 0.2) is 0 Å². The fourth-order valence-electron chi connectivity index (χ4n) is 1.25. The van der Waals surface area contributed by atoms with E-state index in [1.807, 2.05) is 6.92 Å². The lowest BCUT2D eigenvalue weighted by molar-refractivity contribution is -0.0411. The minimum atomic E-state index is -0.917. The number of hydrogen-bond donors (Lipinski definition) is 3. The zero-order valence-corrected chi connectivity index (χ0v) is 6.43. The van der Waals surface area contributed by atoms with Crippen molar-refractivity contribution in [3.63, 3.8) is 0 Å². The smallest absolute Gasteiger partial charge is 0.118 e. The molecule has 60 valence electrons. The van der Waals surface area contributed by atoms with Gasteiger partial charge in [0.2, 0.25) is 0 Å². The molecule has 0 aliphatic carbocycles. The Morgan fingerprint density at radius 2 is 2.30 bits per heavy atom. The molecule has 1 fully saturated rings. The standard InChI is InChI=1S/C7H16N2O/c1-2-3-7(8,10)6-4-9-5-6/h6,9-10H,2-5,8H2,1H3. The number of aliphatic hydroxyl groups is 1. The summed E-state index contributed by atoms with van der Waals surface area (Å²) in [5, 5.41) is 12.7. The molecule has 1 aliphatic heterocycles. The Hall–Kier alpha value is -0.120. The van der Waals surface area contributed by atoms with Crippen LogP contribution in [0.1, 0.15) is 19.8 Å². The third-order valence-electron chi connectivity index (χ3n) is 2.14. The summed E-state index contributed by atoms with van der Waals surface area (Å²) in [5.41, 5.74) is 4.73. The van der Waals surface area contributed by atoms with Gasteiger partial charge in [-0.05, 0) is 6.42 Å². The highest BCUT2D eigenvalue weighted by molar-refractivity contribution is 4.89. The molecule has 3 nitrogen and oxygen atoms in total. The van der Waals surface area contributed by atoms with Crippen LogP contribution in [-0.2, 0) is 0 Å². The molecule has 1 heterocycles. The fraction of sp³-hybridized carbons (Fsp3) is 1.00. The summed E-state index contributed by atoms with van der Waals surface area (Å²) in [5.74, 6) is 0.271. The van der Waals surface area contributed by atoms with Gasteiger partial charge in [0.15, 0.2) is 0 Å². The van der Waals surface area contributed by atoms with Gasteiger partial charge in [0, 0.05) is 19.0 Å². The highest BCUT2D eigenvalue weighted by Crippen LogP contribution is 2.20. The Kier molecular flexibility index (Phi) is 2.28. The lowest BCUT2D eigenvalue weighted by Crippen LogP contribution is -2.60. The molecule has 0 saturated carbocycles. The molecule has 0 aromatic carbocycles. The second-order valence-corrected chi connectivity index (χ2v) is 3.10. The van der Waals surface area contributed by atoms with E-state index < -0.39 is 5.72 Å². The van der Waals surface area contributed by atoms with Crippen molar-refractivity contribution in [3.8, 4) is 0 Å². The topological polar surface area (TPSA) is 58.3 Å². The molecule has 0 spiro atoms. The van der Waals surface area contributed by atoms with E-state index in [2.05, 4.69) is 5.32 Å². The second-order valence-electron chi connectivity index (χ2n) is 3.10. The van der Waals surface area contributed by atoms with Gasteiger partial charge in [-0.25, -0.2) is 0 Å². The van der Waals surface area contributed by atoms with Crippen molar-refractivity contribution < 1.29 is 5.11 Å².